The van der Waals surface area contributed by atoms with Gasteiger partial charge in [0.05, 0.1) is 28.4 Å². The molecule has 3 aromatic rings. The Hall–Kier alpha value is -3.89. The zero-order valence-electron chi connectivity index (χ0n) is 24.2. The summed E-state index contributed by atoms with van der Waals surface area (Å²) in [4.78, 5) is 30.2. The largest absolute Gasteiger partial charge is 0.444 e. The van der Waals surface area contributed by atoms with Crippen molar-refractivity contribution in [2.45, 2.75) is 75.3 Å². The van der Waals surface area contributed by atoms with E-state index in [-0.39, 0.29) is 16.9 Å². The third-order valence-electron chi connectivity index (χ3n) is 7.88. The first-order chi connectivity index (χ1) is 19.9. The summed E-state index contributed by atoms with van der Waals surface area (Å²) in [5.74, 6) is 0.297. The second kappa shape index (κ2) is 11.4. The molecule has 2 N–H and O–H groups in total. The van der Waals surface area contributed by atoms with Crippen molar-refractivity contribution in [2.24, 2.45) is 0 Å². The maximum absolute atomic E-state index is 13.1. The fourth-order valence-electron chi connectivity index (χ4n) is 5.67. The van der Waals surface area contributed by atoms with Gasteiger partial charge in [-0.25, -0.2) is 13.2 Å². The van der Waals surface area contributed by atoms with Crippen LogP contribution in [-0.2, 0) is 20.3 Å². The van der Waals surface area contributed by atoms with Gasteiger partial charge < -0.3 is 19.9 Å². The van der Waals surface area contributed by atoms with Gasteiger partial charge in [0.25, 0.3) is 5.56 Å². The number of sulfonamides is 1. The molecule has 0 radical (unpaired) electrons. The third-order valence-corrected chi connectivity index (χ3v) is 9.79. The molecular formula is C29H37N7O5S. The number of ether oxygens (including phenoxy) is 1. The van der Waals surface area contributed by atoms with Crippen molar-refractivity contribution in [3.05, 3.63) is 46.9 Å². The molecule has 0 atom stereocenters. The van der Waals surface area contributed by atoms with Crippen LogP contribution in [-0.4, -0.2) is 70.3 Å². The molecule has 224 valence electrons. The van der Waals surface area contributed by atoms with Crippen molar-refractivity contribution in [1.82, 2.24) is 24.0 Å². The molecule has 42 heavy (non-hydrogen) atoms. The second-order valence-corrected chi connectivity index (χ2v) is 13.9. The number of rotatable bonds is 6. The number of nitrogens with one attached hydrogen (secondary N) is 2. The monoisotopic (exact) mass is 595 g/mol. The third kappa shape index (κ3) is 5.87. The van der Waals surface area contributed by atoms with Gasteiger partial charge in [0, 0.05) is 38.1 Å². The van der Waals surface area contributed by atoms with E-state index in [0.717, 1.165) is 19.3 Å². The predicted molar refractivity (Wildman–Crippen MR) is 158 cm³/mol. The zero-order chi connectivity index (χ0) is 30.1. The fourth-order valence-corrected chi connectivity index (χ4v) is 7.19. The molecule has 13 heteroatoms. The van der Waals surface area contributed by atoms with Crippen LogP contribution >= 0.6 is 0 Å². The fraction of sp³-hybridized carbons (Fsp3) is 0.517. The number of anilines is 2. The van der Waals surface area contributed by atoms with E-state index >= 15 is 0 Å². The number of nitrogens with zero attached hydrogens (tertiary/aromatic N) is 5. The number of aromatic amines is 1. The highest BCUT2D eigenvalue weighted by molar-refractivity contribution is 7.89. The summed E-state index contributed by atoms with van der Waals surface area (Å²) in [6.45, 7) is 7.24. The van der Waals surface area contributed by atoms with Crippen LogP contribution in [0.4, 0.5) is 16.3 Å². The predicted octanol–water partition coefficient (Wildman–Crippen LogP) is 4.28. The van der Waals surface area contributed by atoms with Crippen molar-refractivity contribution in [3.63, 3.8) is 0 Å². The van der Waals surface area contributed by atoms with Gasteiger partial charge in [-0.3, -0.25) is 9.48 Å². The average Bonchev–Trinajstić information content (AvgIpc) is 3.33. The Morgan fingerprint density at radius 2 is 1.76 bits per heavy atom. The van der Waals surface area contributed by atoms with Gasteiger partial charge in [0.1, 0.15) is 11.0 Å². The highest BCUT2D eigenvalue weighted by Gasteiger charge is 2.41. The molecule has 2 fully saturated rings. The maximum Gasteiger partial charge on any atom is 0.410 e. The Kier molecular flexibility index (Phi) is 8.04. The zero-order valence-corrected chi connectivity index (χ0v) is 25.0. The van der Waals surface area contributed by atoms with Crippen LogP contribution in [0.25, 0.3) is 10.9 Å². The van der Waals surface area contributed by atoms with Crippen molar-refractivity contribution in [1.29, 1.82) is 5.26 Å². The SMILES string of the molecule is CC(C)(C)OC(=O)N1CCC(CC#N)(n2nc(Nc3ccc(S(=O)(=O)N4CCCCC4)cc3)c3c(=O)[nH]ccc32)CC1. The number of carbonyl (C=O) groups is 1. The number of fused-ring (bicyclic) bond motifs is 1. The van der Waals surface area contributed by atoms with Crippen LogP contribution in [0.1, 0.15) is 59.3 Å². The lowest BCUT2D eigenvalue weighted by Gasteiger charge is -2.41. The molecule has 12 nitrogen and oxygen atoms in total. The van der Waals surface area contributed by atoms with Crippen LogP contribution in [0, 0.1) is 11.3 Å². The Labute approximate surface area is 245 Å². The van der Waals surface area contributed by atoms with Gasteiger partial charge in [-0.1, -0.05) is 6.42 Å². The van der Waals surface area contributed by atoms with E-state index in [1.54, 1.807) is 46.1 Å². The first-order valence-electron chi connectivity index (χ1n) is 14.3. The van der Waals surface area contributed by atoms with Gasteiger partial charge in [-0.15, -0.1) is 0 Å². The Balaban J connectivity index is 1.43. The summed E-state index contributed by atoms with van der Waals surface area (Å²) < 4.78 is 34.9. The average molecular weight is 596 g/mol. The van der Waals surface area contributed by atoms with Crippen molar-refractivity contribution >= 4 is 38.5 Å². The molecule has 0 spiro atoms. The van der Waals surface area contributed by atoms with Crippen molar-refractivity contribution in [2.75, 3.05) is 31.5 Å². The summed E-state index contributed by atoms with van der Waals surface area (Å²) in [6.07, 6.45) is 4.93. The van der Waals surface area contributed by atoms with Crippen molar-refractivity contribution < 1.29 is 17.9 Å². The van der Waals surface area contributed by atoms with E-state index in [0.29, 0.717) is 61.4 Å². The van der Waals surface area contributed by atoms with Gasteiger partial charge in [-0.05, 0) is 76.8 Å². The van der Waals surface area contributed by atoms with E-state index < -0.39 is 27.3 Å². The van der Waals surface area contributed by atoms with Gasteiger partial charge >= 0.3 is 6.09 Å². The van der Waals surface area contributed by atoms with Crippen LogP contribution < -0.4 is 10.9 Å². The van der Waals surface area contributed by atoms with Crippen LogP contribution in [0.15, 0.2) is 46.2 Å². The second-order valence-electron chi connectivity index (χ2n) is 12.0. The number of amides is 1. The summed E-state index contributed by atoms with van der Waals surface area (Å²) in [5.41, 5.74) is -0.577. The quantitative estimate of drug-likeness (QED) is 0.428. The Bertz CT molecular complexity index is 1650. The minimum atomic E-state index is -3.58. The maximum atomic E-state index is 13.1. The molecule has 4 heterocycles. The number of aromatic nitrogens is 3. The molecule has 0 aliphatic carbocycles. The normalized spacial score (nSPS) is 18.0. The molecule has 1 aromatic carbocycles. The summed E-state index contributed by atoms with van der Waals surface area (Å²) >= 11 is 0. The van der Waals surface area contributed by atoms with Crippen molar-refractivity contribution in [3.8, 4) is 6.07 Å². The highest BCUT2D eigenvalue weighted by Crippen LogP contribution is 2.38. The first kappa shape index (κ1) is 29.6. The number of nitriles is 1. The lowest BCUT2D eigenvalue weighted by atomic mass is 9.85. The topological polar surface area (TPSA) is 153 Å². The van der Waals surface area contributed by atoms with E-state index in [2.05, 4.69) is 16.4 Å². The van der Waals surface area contributed by atoms with E-state index in [4.69, 9.17) is 9.84 Å². The lowest BCUT2D eigenvalue weighted by Crippen LogP contribution is -2.49. The molecule has 1 amide bonds. The Morgan fingerprint density at radius 1 is 1.10 bits per heavy atom. The lowest BCUT2D eigenvalue weighted by molar-refractivity contribution is 0.0110. The number of H-pyrrole nitrogens is 1. The molecule has 5 rings (SSSR count). The number of likely N-dealkylation sites (tertiary alicyclic amines) is 1. The molecule has 0 bridgehead atoms. The summed E-state index contributed by atoms with van der Waals surface area (Å²) in [7, 11) is -3.58. The van der Waals surface area contributed by atoms with Crippen LogP contribution in [0.3, 0.4) is 0 Å². The molecule has 2 aliphatic heterocycles. The number of carbonyl (C=O) groups excluding carboxylic acids is 1. The first-order valence-corrected chi connectivity index (χ1v) is 15.7. The molecular weight excluding hydrogens is 558 g/mol. The van der Waals surface area contributed by atoms with Crippen LogP contribution in [0.5, 0.6) is 0 Å². The molecule has 2 aromatic heterocycles. The number of hydrogen-bond acceptors (Lipinski definition) is 8. The summed E-state index contributed by atoms with van der Waals surface area (Å²) in [6, 6.07) is 10.5. The Morgan fingerprint density at radius 3 is 2.38 bits per heavy atom. The van der Waals surface area contributed by atoms with Gasteiger partial charge in [0.15, 0.2) is 5.82 Å². The highest BCUT2D eigenvalue weighted by atomic mass is 32.2. The minimum absolute atomic E-state index is 0.140. The number of pyridine rings is 1. The molecule has 0 unspecified atom stereocenters. The summed E-state index contributed by atoms with van der Waals surface area (Å²) in [5, 5.41) is 18.1. The number of hydrogen-bond donors (Lipinski definition) is 2. The van der Waals surface area contributed by atoms with E-state index in [9.17, 15) is 23.3 Å². The van der Waals surface area contributed by atoms with E-state index in [1.165, 1.54) is 4.31 Å². The molecule has 2 aliphatic rings. The number of piperidine rings is 2. The van der Waals surface area contributed by atoms with Crippen LogP contribution in [0.2, 0.25) is 0 Å². The standard InChI is InChI=1S/C29H37N7O5S/c1-28(2,3)41-27(38)34-19-13-29(12-15-30,14-20-34)36-23-11-16-31-26(37)24(23)25(33-36)32-21-7-9-22(10-8-21)42(39,40)35-17-5-4-6-18-35/h7-11,16H,4-6,12-14,17-20H2,1-3H3,(H,31,37)(H,32,33). The van der Waals surface area contributed by atoms with Gasteiger partial charge in [-0.2, -0.15) is 14.7 Å². The smallest absolute Gasteiger partial charge is 0.410 e. The number of benzene rings is 1. The molecule has 0 saturated carbocycles. The van der Waals surface area contributed by atoms with Gasteiger partial charge in [0.2, 0.25) is 10.0 Å². The van der Waals surface area contributed by atoms with E-state index in [1.807, 2.05) is 20.8 Å². The minimum Gasteiger partial charge on any atom is -0.444 e. The molecule has 2 saturated heterocycles.